The number of benzene rings is 1. The molecule has 10 nitrogen and oxygen atoms in total. The Hall–Kier alpha value is -3.53. The highest BCUT2D eigenvalue weighted by molar-refractivity contribution is 5.95. The number of hydrogen-bond acceptors (Lipinski definition) is 7. The molecule has 0 saturated carbocycles. The smallest absolute Gasteiger partial charge is 0.272 e. The molecule has 0 radical (unpaired) electrons. The summed E-state index contributed by atoms with van der Waals surface area (Å²) in [7, 11) is 1.85. The van der Waals surface area contributed by atoms with Gasteiger partial charge in [0.2, 0.25) is 0 Å². The minimum absolute atomic E-state index is 0.168. The Morgan fingerprint density at radius 2 is 2.14 bits per heavy atom. The molecule has 4 aromatic rings. The SMILES string of the molecule is Cc1nc2ccc3nn2c1C(=O)N[C@H](C)COCc1cc(c2nnn(C)c2c1)N3. The van der Waals surface area contributed by atoms with Gasteiger partial charge in [0.1, 0.15) is 5.52 Å². The van der Waals surface area contributed by atoms with Crippen molar-refractivity contribution in [1.29, 1.82) is 0 Å². The van der Waals surface area contributed by atoms with Crippen molar-refractivity contribution in [3.63, 3.8) is 0 Å². The van der Waals surface area contributed by atoms with Crippen LogP contribution in [0.25, 0.3) is 16.7 Å². The van der Waals surface area contributed by atoms with Gasteiger partial charge in [-0.1, -0.05) is 5.21 Å². The van der Waals surface area contributed by atoms with Gasteiger partial charge in [-0.2, -0.15) is 0 Å². The Kier molecular flexibility index (Phi) is 3.95. The highest BCUT2D eigenvalue weighted by atomic mass is 16.5. The Labute approximate surface area is 165 Å². The second kappa shape index (κ2) is 6.52. The van der Waals surface area contributed by atoms with Crippen molar-refractivity contribution in [2.75, 3.05) is 11.9 Å². The normalized spacial score (nSPS) is 17.3. The Morgan fingerprint density at radius 1 is 1.28 bits per heavy atom. The van der Waals surface area contributed by atoms with Crippen molar-refractivity contribution in [3.8, 4) is 0 Å². The summed E-state index contributed by atoms with van der Waals surface area (Å²) in [6.07, 6.45) is 0. The molecular formula is C19H20N8O2. The monoisotopic (exact) mass is 392 g/mol. The van der Waals surface area contributed by atoms with Crippen LogP contribution in [0.1, 0.15) is 28.7 Å². The fourth-order valence-corrected chi connectivity index (χ4v) is 3.56. The molecule has 4 bridgehead atoms. The number of carbonyl (C=O) groups excluding carboxylic acids is 1. The van der Waals surface area contributed by atoms with Gasteiger partial charge in [-0.3, -0.25) is 4.79 Å². The van der Waals surface area contributed by atoms with Crippen LogP contribution in [0.2, 0.25) is 0 Å². The zero-order chi connectivity index (χ0) is 20.1. The van der Waals surface area contributed by atoms with Crippen LogP contribution < -0.4 is 10.6 Å². The van der Waals surface area contributed by atoms with Gasteiger partial charge in [0, 0.05) is 13.1 Å². The van der Waals surface area contributed by atoms with Crippen molar-refractivity contribution in [2.45, 2.75) is 26.5 Å². The maximum Gasteiger partial charge on any atom is 0.272 e. The van der Waals surface area contributed by atoms with E-state index in [1.807, 2.05) is 38.2 Å². The molecule has 2 N–H and O–H groups in total. The molecule has 1 aliphatic rings. The summed E-state index contributed by atoms with van der Waals surface area (Å²) in [5.41, 5.74) is 5.00. The van der Waals surface area contributed by atoms with Crippen LogP contribution in [-0.2, 0) is 18.4 Å². The zero-order valence-corrected chi connectivity index (χ0v) is 16.3. The molecule has 0 unspecified atom stereocenters. The average Bonchev–Trinajstić information content (AvgIpc) is 3.20. The number of aryl methyl sites for hydroxylation is 2. The number of amides is 1. The predicted octanol–water partition coefficient (Wildman–Crippen LogP) is 1.71. The van der Waals surface area contributed by atoms with E-state index < -0.39 is 0 Å². The van der Waals surface area contributed by atoms with Gasteiger partial charge in [0.15, 0.2) is 17.2 Å². The highest BCUT2D eigenvalue weighted by Gasteiger charge is 2.21. The van der Waals surface area contributed by atoms with Gasteiger partial charge in [-0.05, 0) is 43.7 Å². The van der Waals surface area contributed by atoms with Crippen LogP contribution in [0.5, 0.6) is 0 Å². The molecule has 5 rings (SSSR count). The van der Waals surface area contributed by atoms with Crippen LogP contribution in [0.15, 0.2) is 24.3 Å². The molecule has 148 valence electrons. The summed E-state index contributed by atoms with van der Waals surface area (Å²) in [4.78, 5) is 17.3. The van der Waals surface area contributed by atoms with Gasteiger partial charge in [-0.15, -0.1) is 10.2 Å². The lowest BCUT2D eigenvalue weighted by atomic mass is 10.1. The molecule has 4 heterocycles. The van der Waals surface area contributed by atoms with Crippen LogP contribution in [0.4, 0.5) is 11.5 Å². The third-order valence-corrected chi connectivity index (χ3v) is 4.92. The van der Waals surface area contributed by atoms with E-state index in [1.165, 1.54) is 0 Å². The van der Waals surface area contributed by atoms with Gasteiger partial charge >= 0.3 is 0 Å². The maximum absolute atomic E-state index is 12.8. The number of nitrogens with one attached hydrogen (secondary N) is 2. The van der Waals surface area contributed by atoms with Crippen molar-refractivity contribution >= 4 is 34.1 Å². The molecule has 1 atom stereocenters. The molecule has 1 aliphatic heterocycles. The third kappa shape index (κ3) is 2.97. The summed E-state index contributed by atoms with van der Waals surface area (Å²) in [6, 6.07) is 7.47. The lowest BCUT2D eigenvalue weighted by Crippen LogP contribution is -2.37. The van der Waals surface area contributed by atoms with Crippen LogP contribution in [-0.4, -0.2) is 48.1 Å². The summed E-state index contributed by atoms with van der Waals surface area (Å²) < 4.78 is 9.13. The lowest BCUT2D eigenvalue weighted by Gasteiger charge is -2.16. The summed E-state index contributed by atoms with van der Waals surface area (Å²) in [5, 5.41) is 19.3. The summed E-state index contributed by atoms with van der Waals surface area (Å²) >= 11 is 0. The van der Waals surface area contributed by atoms with Gasteiger partial charge < -0.3 is 15.4 Å². The number of hydrogen-bond donors (Lipinski definition) is 2. The minimum Gasteiger partial charge on any atom is -0.375 e. The molecule has 0 spiro atoms. The van der Waals surface area contributed by atoms with E-state index in [1.54, 1.807) is 16.1 Å². The van der Waals surface area contributed by atoms with Crippen molar-refractivity contribution in [3.05, 3.63) is 41.2 Å². The molecule has 0 saturated heterocycles. The Balaban J connectivity index is 1.70. The molecule has 0 aliphatic carbocycles. The molecule has 3 aromatic heterocycles. The first-order chi connectivity index (χ1) is 14.0. The predicted molar refractivity (Wildman–Crippen MR) is 106 cm³/mol. The zero-order valence-electron chi connectivity index (χ0n) is 16.3. The van der Waals surface area contributed by atoms with Crippen LogP contribution in [0.3, 0.4) is 0 Å². The molecule has 29 heavy (non-hydrogen) atoms. The minimum atomic E-state index is -0.234. The van der Waals surface area contributed by atoms with Crippen molar-refractivity contribution in [2.24, 2.45) is 7.05 Å². The standard InChI is InChI=1S/C19H20N8O2/c1-10-8-29-9-12-6-13(17-14(7-12)26(3)25-23-17)22-15-4-5-16-21-11(2)18(19(28)20-10)27(16)24-15/h4-7,10H,8-9H2,1-3H3,(H,20,28)(H,22,24)/t10-/m1/s1. The van der Waals surface area contributed by atoms with Crippen LogP contribution in [0, 0.1) is 6.92 Å². The maximum atomic E-state index is 12.8. The number of anilines is 2. The first kappa shape index (κ1) is 17.6. The number of imidazole rings is 1. The summed E-state index contributed by atoms with van der Waals surface area (Å²) in [6.45, 7) is 4.49. The van der Waals surface area contributed by atoms with Gasteiger partial charge in [0.25, 0.3) is 5.91 Å². The van der Waals surface area contributed by atoms with E-state index in [4.69, 9.17) is 4.74 Å². The van der Waals surface area contributed by atoms with E-state index in [2.05, 4.69) is 31.0 Å². The second-order valence-corrected chi connectivity index (χ2v) is 7.27. The third-order valence-electron chi connectivity index (χ3n) is 4.92. The average molecular weight is 392 g/mol. The van der Waals surface area contributed by atoms with Gasteiger partial charge in [-0.25, -0.2) is 14.2 Å². The fourth-order valence-electron chi connectivity index (χ4n) is 3.56. The van der Waals surface area contributed by atoms with Gasteiger partial charge in [0.05, 0.1) is 30.1 Å². The molecular weight excluding hydrogens is 372 g/mol. The first-order valence-corrected chi connectivity index (χ1v) is 9.34. The van der Waals surface area contributed by atoms with E-state index in [-0.39, 0.29) is 11.9 Å². The number of ether oxygens (including phenoxy) is 1. The topological polar surface area (TPSA) is 111 Å². The second-order valence-electron chi connectivity index (χ2n) is 7.27. The van der Waals surface area contributed by atoms with E-state index >= 15 is 0 Å². The largest absolute Gasteiger partial charge is 0.375 e. The van der Waals surface area contributed by atoms with E-state index in [9.17, 15) is 4.79 Å². The first-order valence-electron chi connectivity index (χ1n) is 9.34. The highest BCUT2D eigenvalue weighted by Crippen LogP contribution is 2.27. The van der Waals surface area contributed by atoms with Crippen molar-refractivity contribution in [1.82, 2.24) is 34.9 Å². The van der Waals surface area contributed by atoms with E-state index in [0.29, 0.717) is 36.1 Å². The quantitative estimate of drug-likeness (QED) is 0.469. The fraction of sp³-hybridized carbons (Fsp3) is 0.316. The van der Waals surface area contributed by atoms with E-state index in [0.717, 1.165) is 22.3 Å². The number of nitrogens with zero attached hydrogens (tertiary/aromatic N) is 6. The Bertz CT molecular complexity index is 1260. The van der Waals surface area contributed by atoms with Crippen LogP contribution >= 0.6 is 0 Å². The van der Waals surface area contributed by atoms with Crippen molar-refractivity contribution < 1.29 is 9.53 Å². The lowest BCUT2D eigenvalue weighted by molar-refractivity contribution is 0.0814. The number of rotatable bonds is 0. The summed E-state index contributed by atoms with van der Waals surface area (Å²) in [5.74, 6) is 0.335. The molecule has 10 heteroatoms. The molecule has 1 aromatic carbocycles. The molecule has 1 amide bonds. The number of fused-ring (bicyclic) bond motifs is 5. The number of carbonyl (C=O) groups is 1. The Morgan fingerprint density at radius 3 is 3.00 bits per heavy atom. The number of aromatic nitrogens is 6. The molecule has 0 fully saturated rings.